The third kappa shape index (κ3) is 2.85. The third-order valence-corrected chi connectivity index (χ3v) is 6.56. The molecule has 0 saturated carbocycles. The minimum absolute atomic E-state index is 0.0179. The summed E-state index contributed by atoms with van der Waals surface area (Å²) < 4.78 is 7.68. The van der Waals surface area contributed by atoms with E-state index in [1.807, 2.05) is 28.8 Å². The summed E-state index contributed by atoms with van der Waals surface area (Å²) in [5, 5.41) is 0. The predicted octanol–water partition coefficient (Wildman–Crippen LogP) is 4.05. The number of aryl methyl sites for hydroxylation is 1. The molecule has 5 nitrogen and oxygen atoms in total. The first kappa shape index (κ1) is 17.6. The molecule has 1 aromatic heterocycles. The quantitative estimate of drug-likeness (QED) is 0.749. The monoisotopic (exact) mass is 377 g/mol. The van der Waals surface area contributed by atoms with Gasteiger partial charge < -0.3 is 9.72 Å². The summed E-state index contributed by atoms with van der Waals surface area (Å²) in [5.41, 5.74) is 4.80. The van der Waals surface area contributed by atoms with Crippen LogP contribution in [0.4, 0.5) is 0 Å². The first-order valence-electron chi connectivity index (χ1n) is 10.4. The van der Waals surface area contributed by atoms with Crippen LogP contribution in [0.2, 0.25) is 0 Å². The third-order valence-electron chi connectivity index (χ3n) is 6.56. The van der Waals surface area contributed by atoms with Gasteiger partial charge in [-0.25, -0.2) is 4.79 Å². The second-order valence-corrected chi connectivity index (χ2v) is 8.03. The van der Waals surface area contributed by atoms with Crippen LogP contribution in [0.15, 0.2) is 47.3 Å². The zero-order valence-corrected chi connectivity index (χ0v) is 16.4. The number of H-pyrrole nitrogens is 1. The van der Waals surface area contributed by atoms with Gasteiger partial charge in [-0.1, -0.05) is 24.3 Å². The second kappa shape index (κ2) is 7.13. The summed E-state index contributed by atoms with van der Waals surface area (Å²) in [6, 6.07) is 15.1. The number of aromatic amines is 1. The van der Waals surface area contributed by atoms with Gasteiger partial charge in [-0.05, 0) is 55.9 Å². The molecule has 2 aromatic carbocycles. The number of fused-ring (bicyclic) bond motifs is 2. The lowest BCUT2D eigenvalue weighted by Crippen LogP contribution is -2.40. The average Bonchev–Trinajstić information content (AvgIpc) is 3.08. The molecule has 2 heterocycles. The molecule has 0 radical (unpaired) electrons. The molecule has 1 fully saturated rings. The van der Waals surface area contributed by atoms with E-state index in [1.165, 1.54) is 24.0 Å². The topological polar surface area (TPSA) is 50.3 Å². The first-order valence-corrected chi connectivity index (χ1v) is 10.4. The SMILES string of the molecule is COc1cccc2c1C(N1CCC(n3c(=O)[nH]c4ccccc43)CC1)CCC2. The Morgan fingerprint density at radius 2 is 1.86 bits per heavy atom. The van der Waals surface area contributed by atoms with Crippen LogP contribution in [0.1, 0.15) is 48.9 Å². The van der Waals surface area contributed by atoms with E-state index >= 15 is 0 Å². The molecule has 0 amide bonds. The molecule has 0 spiro atoms. The number of piperidine rings is 1. The summed E-state index contributed by atoms with van der Waals surface area (Å²) in [6.07, 6.45) is 5.56. The molecule has 28 heavy (non-hydrogen) atoms. The molecular weight excluding hydrogens is 350 g/mol. The average molecular weight is 377 g/mol. The summed E-state index contributed by atoms with van der Waals surface area (Å²) in [4.78, 5) is 18.2. The van der Waals surface area contributed by atoms with Crippen molar-refractivity contribution in [1.29, 1.82) is 0 Å². The Labute approximate surface area is 164 Å². The number of aromatic nitrogens is 2. The van der Waals surface area contributed by atoms with Crippen molar-refractivity contribution >= 4 is 11.0 Å². The van der Waals surface area contributed by atoms with Gasteiger partial charge in [0.05, 0.1) is 18.1 Å². The van der Waals surface area contributed by atoms with Crippen LogP contribution < -0.4 is 10.4 Å². The van der Waals surface area contributed by atoms with Gasteiger partial charge in [0.15, 0.2) is 0 Å². The van der Waals surface area contributed by atoms with E-state index in [9.17, 15) is 4.79 Å². The van der Waals surface area contributed by atoms with Crippen molar-refractivity contribution in [3.05, 3.63) is 64.1 Å². The minimum Gasteiger partial charge on any atom is -0.496 e. The molecule has 3 aromatic rings. The van der Waals surface area contributed by atoms with E-state index in [1.54, 1.807) is 7.11 Å². The van der Waals surface area contributed by atoms with E-state index in [0.29, 0.717) is 6.04 Å². The van der Waals surface area contributed by atoms with Crippen molar-refractivity contribution < 1.29 is 4.74 Å². The maximum Gasteiger partial charge on any atom is 0.326 e. The number of rotatable bonds is 3. The lowest BCUT2D eigenvalue weighted by Gasteiger charge is -2.40. The zero-order valence-electron chi connectivity index (χ0n) is 16.4. The van der Waals surface area contributed by atoms with E-state index in [2.05, 4.69) is 28.1 Å². The van der Waals surface area contributed by atoms with Gasteiger partial charge in [0, 0.05) is 30.7 Å². The Kier molecular flexibility index (Phi) is 4.47. The van der Waals surface area contributed by atoms with Gasteiger partial charge in [-0.2, -0.15) is 0 Å². The number of para-hydroxylation sites is 2. The highest BCUT2D eigenvalue weighted by atomic mass is 16.5. The van der Waals surface area contributed by atoms with Crippen LogP contribution in [0.3, 0.4) is 0 Å². The molecule has 5 rings (SSSR count). The van der Waals surface area contributed by atoms with E-state index in [-0.39, 0.29) is 11.7 Å². The van der Waals surface area contributed by atoms with E-state index in [0.717, 1.165) is 49.1 Å². The summed E-state index contributed by atoms with van der Waals surface area (Å²) in [5.74, 6) is 1.03. The molecule has 1 saturated heterocycles. The van der Waals surface area contributed by atoms with Crippen LogP contribution in [0.25, 0.3) is 11.0 Å². The second-order valence-electron chi connectivity index (χ2n) is 8.03. The lowest BCUT2D eigenvalue weighted by molar-refractivity contribution is 0.121. The van der Waals surface area contributed by atoms with Gasteiger partial charge in [-0.3, -0.25) is 9.47 Å². The van der Waals surface area contributed by atoms with Gasteiger partial charge >= 0.3 is 5.69 Å². The predicted molar refractivity (Wildman–Crippen MR) is 111 cm³/mol. The number of nitrogens with one attached hydrogen (secondary N) is 1. The molecule has 1 aliphatic heterocycles. The van der Waals surface area contributed by atoms with Gasteiger partial charge in [0.2, 0.25) is 0 Å². The van der Waals surface area contributed by atoms with Gasteiger partial charge in [0.1, 0.15) is 5.75 Å². The number of nitrogens with zero attached hydrogens (tertiary/aromatic N) is 2. The molecule has 2 aliphatic rings. The van der Waals surface area contributed by atoms with Gasteiger partial charge in [-0.15, -0.1) is 0 Å². The highest BCUT2D eigenvalue weighted by molar-refractivity contribution is 5.75. The highest BCUT2D eigenvalue weighted by Gasteiger charge is 2.32. The fraction of sp³-hybridized carbons (Fsp3) is 0.435. The standard InChI is InChI=1S/C23H27N3O2/c1-28-21-11-5-7-16-6-4-10-20(22(16)21)25-14-12-17(13-15-25)26-19-9-3-2-8-18(19)24-23(26)27/h2-3,5,7-9,11,17,20H,4,6,10,12-15H2,1H3,(H,24,27). The fourth-order valence-electron chi connectivity index (χ4n) is 5.25. The normalized spacial score (nSPS) is 21.0. The minimum atomic E-state index is 0.0179. The first-order chi connectivity index (χ1) is 13.8. The molecular formula is C23H27N3O2. The van der Waals surface area contributed by atoms with E-state index < -0.39 is 0 Å². The van der Waals surface area contributed by atoms with Crippen molar-refractivity contribution in [2.75, 3.05) is 20.2 Å². The number of methoxy groups -OCH3 is 1. The van der Waals surface area contributed by atoms with Crippen molar-refractivity contribution in [2.45, 2.75) is 44.2 Å². The summed E-state index contributed by atoms with van der Waals surface area (Å²) in [7, 11) is 1.77. The van der Waals surface area contributed by atoms with Crippen molar-refractivity contribution in [3.8, 4) is 5.75 Å². The molecule has 1 atom stereocenters. The van der Waals surface area contributed by atoms with Crippen molar-refractivity contribution in [2.24, 2.45) is 0 Å². The van der Waals surface area contributed by atoms with Crippen molar-refractivity contribution in [1.82, 2.24) is 14.5 Å². The van der Waals surface area contributed by atoms with Crippen LogP contribution in [-0.4, -0.2) is 34.7 Å². The number of imidazole rings is 1. The molecule has 146 valence electrons. The van der Waals surface area contributed by atoms with Gasteiger partial charge in [0.25, 0.3) is 0 Å². The van der Waals surface area contributed by atoms with Crippen LogP contribution in [0.5, 0.6) is 5.75 Å². The van der Waals surface area contributed by atoms with Crippen molar-refractivity contribution in [3.63, 3.8) is 0 Å². The zero-order chi connectivity index (χ0) is 19.1. The Balaban J connectivity index is 1.39. The summed E-state index contributed by atoms with van der Waals surface area (Å²) in [6.45, 7) is 2.03. The van der Waals surface area contributed by atoms with E-state index in [4.69, 9.17) is 4.74 Å². The Bertz CT molecular complexity index is 1030. The Morgan fingerprint density at radius 1 is 1.04 bits per heavy atom. The number of likely N-dealkylation sites (tertiary alicyclic amines) is 1. The number of ether oxygens (including phenoxy) is 1. The number of hydrogen-bond donors (Lipinski definition) is 1. The highest BCUT2D eigenvalue weighted by Crippen LogP contribution is 2.41. The molecule has 0 bridgehead atoms. The summed E-state index contributed by atoms with van der Waals surface area (Å²) >= 11 is 0. The maximum absolute atomic E-state index is 12.5. The largest absolute Gasteiger partial charge is 0.496 e. The lowest BCUT2D eigenvalue weighted by atomic mass is 9.85. The van der Waals surface area contributed by atoms with Crippen LogP contribution in [0, 0.1) is 0 Å². The fourth-order valence-corrected chi connectivity index (χ4v) is 5.25. The van der Waals surface area contributed by atoms with Crippen LogP contribution in [-0.2, 0) is 6.42 Å². The molecule has 1 aliphatic carbocycles. The smallest absolute Gasteiger partial charge is 0.326 e. The number of benzene rings is 2. The molecule has 1 N–H and O–H groups in total. The van der Waals surface area contributed by atoms with Crippen LogP contribution >= 0.6 is 0 Å². The Morgan fingerprint density at radius 3 is 2.68 bits per heavy atom. The Hall–Kier alpha value is -2.53. The molecule has 5 heteroatoms. The molecule has 1 unspecified atom stereocenters. The maximum atomic E-state index is 12.5. The number of hydrogen-bond acceptors (Lipinski definition) is 3.